The van der Waals surface area contributed by atoms with E-state index in [0.29, 0.717) is 11.3 Å². The van der Waals surface area contributed by atoms with Gasteiger partial charge in [-0.3, -0.25) is 4.98 Å². The van der Waals surface area contributed by atoms with Crippen LogP contribution in [-0.2, 0) is 18.2 Å². The molecule has 0 spiro atoms. The molecular weight excluding hydrogens is 242 g/mol. The first-order valence-corrected chi connectivity index (χ1v) is 6.22. The topological polar surface area (TPSA) is 57.0 Å². The molecule has 0 aliphatic heterocycles. The summed E-state index contributed by atoms with van der Waals surface area (Å²) in [5.74, 6) is 0.390. The van der Waals surface area contributed by atoms with Gasteiger partial charge in [-0.15, -0.1) is 0 Å². The first kappa shape index (κ1) is 13.3. The van der Waals surface area contributed by atoms with Crippen LogP contribution in [0.4, 0.5) is 0 Å². The Morgan fingerprint density at radius 1 is 1.42 bits per heavy atom. The van der Waals surface area contributed by atoms with E-state index in [1.165, 1.54) is 7.11 Å². The van der Waals surface area contributed by atoms with Crippen LogP contribution in [0.15, 0.2) is 24.5 Å². The van der Waals surface area contributed by atoms with Crippen LogP contribution in [0.1, 0.15) is 29.4 Å². The Labute approximate surface area is 112 Å². The van der Waals surface area contributed by atoms with Gasteiger partial charge in [0.15, 0.2) is 5.82 Å². The molecule has 2 heterocycles. The van der Waals surface area contributed by atoms with Crippen LogP contribution in [-0.4, -0.2) is 27.6 Å². The van der Waals surface area contributed by atoms with Crippen molar-refractivity contribution in [3.8, 4) is 11.5 Å². The molecule has 0 fully saturated rings. The van der Waals surface area contributed by atoms with E-state index in [1.54, 1.807) is 18.3 Å². The second-order valence-corrected chi connectivity index (χ2v) is 4.30. The summed E-state index contributed by atoms with van der Waals surface area (Å²) in [7, 11) is 3.32. The summed E-state index contributed by atoms with van der Waals surface area (Å²) >= 11 is 0. The number of aromatic nitrogens is 3. The molecule has 0 unspecified atom stereocenters. The summed E-state index contributed by atoms with van der Waals surface area (Å²) in [5, 5.41) is 0. The summed E-state index contributed by atoms with van der Waals surface area (Å²) in [6.07, 6.45) is 5.48. The molecule has 2 rings (SSSR count). The Morgan fingerprint density at radius 2 is 2.21 bits per heavy atom. The summed E-state index contributed by atoms with van der Waals surface area (Å²) in [6.45, 7) is 2.13. The van der Waals surface area contributed by atoms with Crippen molar-refractivity contribution >= 4 is 5.97 Å². The molecule has 5 heteroatoms. The van der Waals surface area contributed by atoms with Crippen molar-refractivity contribution in [1.29, 1.82) is 0 Å². The van der Waals surface area contributed by atoms with E-state index in [9.17, 15) is 4.79 Å². The van der Waals surface area contributed by atoms with Gasteiger partial charge in [-0.1, -0.05) is 13.3 Å². The van der Waals surface area contributed by atoms with Gasteiger partial charge in [0.25, 0.3) is 0 Å². The third-order valence-corrected chi connectivity index (χ3v) is 3.00. The molecule has 0 radical (unpaired) electrons. The maximum Gasteiger partial charge on any atom is 0.337 e. The lowest BCUT2D eigenvalue weighted by molar-refractivity contribution is 0.0600. The lowest BCUT2D eigenvalue weighted by Crippen LogP contribution is -2.04. The second-order valence-electron chi connectivity index (χ2n) is 4.30. The van der Waals surface area contributed by atoms with Crippen LogP contribution in [0.2, 0.25) is 0 Å². The SMILES string of the molecule is CCCc1cnc(-c2cc(C(=O)OC)ccn2)n1C. The van der Waals surface area contributed by atoms with Crippen molar-refractivity contribution < 1.29 is 9.53 Å². The maximum atomic E-state index is 11.5. The minimum absolute atomic E-state index is 0.369. The van der Waals surface area contributed by atoms with Gasteiger partial charge < -0.3 is 9.30 Å². The van der Waals surface area contributed by atoms with Crippen molar-refractivity contribution in [2.45, 2.75) is 19.8 Å². The summed E-state index contributed by atoms with van der Waals surface area (Å²) < 4.78 is 6.71. The van der Waals surface area contributed by atoms with Gasteiger partial charge in [0.05, 0.1) is 12.7 Å². The van der Waals surface area contributed by atoms with Crippen molar-refractivity contribution in [3.05, 3.63) is 35.8 Å². The van der Waals surface area contributed by atoms with Gasteiger partial charge in [-0.25, -0.2) is 9.78 Å². The van der Waals surface area contributed by atoms with Gasteiger partial charge in [0.2, 0.25) is 0 Å². The molecule has 5 nitrogen and oxygen atoms in total. The number of hydrogen-bond donors (Lipinski definition) is 0. The van der Waals surface area contributed by atoms with E-state index in [4.69, 9.17) is 4.74 Å². The second kappa shape index (κ2) is 5.65. The van der Waals surface area contributed by atoms with E-state index in [2.05, 4.69) is 16.9 Å². The molecule has 0 atom stereocenters. The van der Waals surface area contributed by atoms with Crippen LogP contribution < -0.4 is 0 Å². The first-order valence-electron chi connectivity index (χ1n) is 6.22. The molecule has 0 aromatic carbocycles. The number of pyridine rings is 1. The Balaban J connectivity index is 2.39. The molecule has 0 aliphatic rings. The average Bonchev–Trinajstić information content (AvgIpc) is 2.80. The number of ether oxygens (including phenoxy) is 1. The average molecular weight is 259 g/mol. The van der Waals surface area contributed by atoms with Crippen LogP contribution in [0.25, 0.3) is 11.5 Å². The molecule has 100 valence electrons. The molecular formula is C14H17N3O2. The molecule has 0 N–H and O–H groups in total. The molecule has 0 saturated heterocycles. The fourth-order valence-corrected chi connectivity index (χ4v) is 1.97. The highest BCUT2D eigenvalue weighted by molar-refractivity contribution is 5.90. The molecule has 19 heavy (non-hydrogen) atoms. The van der Waals surface area contributed by atoms with Crippen LogP contribution in [0.5, 0.6) is 0 Å². The number of esters is 1. The fraction of sp³-hybridized carbons (Fsp3) is 0.357. The van der Waals surface area contributed by atoms with Crippen LogP contribution >= 0.6 is 0 Å². The van der Waals surface area contributed by atoms with Gasteiger partial charge in [0.1, 0.15) is 5.69 Å². The lowest BCUT2D eigenvalue weighted by atomic mass is 10.2. The summed E-state index contributed by atoms with van der Waals surface area (Å²) in [4.78, 5) is 20.2. The van der Waals surface area contributed by atoms with E-state index in [0.717, 1.165) is 24.4 Å². The zero-order chi connectivity index (χ0) is 13.8. The number of imidazole rings is 1. The molecule has 2 aromatic rings. The molecule has 2 aromatic heterocycles. The monoisotopic (exact) mass is 259 g/mol. The molecule has 0 aliphatic carbocycles. The minimum Gasteiger partial charge on any atom is -0.465 e. The smallest absolute Gasteiger partial charge is 0.337 e. The molecule has 0 bridgehead atoms. The summed E-state index contributed by atoms with van der Waals surface area (Å²) in [6, 6.07) is 3.33. The van der Waals surface area contributed by atoms with Gasteiger partial charge in [-0.2, -0.15) is 0 Å². The lowest BCUT2D eigenvalue weighted by Gasteiger charge is -2.05. The first-order chi connectivity index (χ1) is 9.17. The maximum absolute atomic E-state index is 11.5. The van der Waals surface area contributed by atoms with Crippen molar-refractivity contribution in [2.24, 2.45) is 7.05 Å². The van der Waals surface area contributed by atoms with Gasteiger partial charge in [-0.05, 0) is 18.6 Å². The number of aryl methyl sites for hydroxylation is 1. The number of carbonyl (C=O) groups excluding carboxylic acids is 1. The fourth-order valence-electron chi connectivity index (χ4n) is 1.97. The van der Waals surface area contributed by atoms with E-state index >= 15 is 0 Å². The van der Waals surface area contributed by atoms with Gasteiger partial charge in [0, 0.05) is 25.1 Å². The molecule has 0 amide bonds. The third kappa shape index (κ3) is 2.65. The third-order valence-electron chi connectivity index (χ3n) is 3.00. The summed E-state index contributed by atoms with van der Waals surface area (Å²) in [5.41, 5.74) is 2.31. The molecule has 0 saturated carbocycles. The number of hydrogen-bond acceptors (Lipinski definition) is 4. The Morgan fingerprint density at radius 3 is 2.89 bits per heavy atom. The van der Waals surface area contributed by atoms with E-state index in [-0.39, 0.29) is 5.97 Å². The number of methoxy groups -OCH3 is 1. The highest BCUT2D eigenvalue weighted by Gasteiger charge is 2.12. The van der Waals surface area contributed by atoms with Crippen LogP contribution in [0, 0.1) is 0 Å². The van der Waals surface area contributed by atoms with Crippen LogP contribution in [0.3, 0.4) is 0 Å². The largest absolute Gasteiger partial charge is 0.465 e. The highest BCUT2D eigenvalue weighted by Crippen LogP contribution is 2.18. The van der Waals surface area contributed by atoms with E-state index in [1.807, 2.05) is 17.8 Å². The van der Waals surface area contributed by atoms with Gasteiger partial charge >= 0.3 is 5.97 Å². The van der Waals surface area contributed by atoms with Crippen molar-refractivity contribution in [1.82, 2.24) is 14.5 Å². The number of rotatable bonds is 4. The van der Waals surface area contributed by atoms with Crippen molar-refractivity contribution in [2.75, 3.05) is 7.11 Å². The zero-order valence-electron chi connectivity index (χ0n) is 11.4. The highest BCUT2D eigenvalue weighted by atomic mass is 16.5. The van der Waals surface area contributed by atoms with E-state index < -0.39 is 0 Å². The Kier molecular flexibility index (Phi) is 3.94. The predicted octanol–water partition coefficient (Wildman–Crippen LogP) is 2.22. The zero-order valence-corrected chi connectivity index (χ0v) is 11.4. The Hall–Kier alpha value is -2.17. The quantitative estimate of drug-likeness (QED) is 0.790. The minimum atomic E-state index is -0.369. The van der Waals surface area contributed by atoms with Crippen molar-refractivity contribution in [3.63, 3.8) is 0 Å². The number of carbonyl (C=O) groups is 1. The Bertz CT molecular complexity index is 590. The number of nitrogens with zero attached hydrogens (tertiary/aromatic N) is 3. The standard InChI is InChI=1S/C14H17N3O2/c1-4-5-11-9-16-13(17(11)2)12-8-10(6-7-15-12)14(18)19-3/h6-9H,4-5H2,1-3H3. The predicted molar refractivity (Wildman–Crippen MR) is 71.8 cm³/mol. The normalized spacial score (nSPS) is 10.5.